The van der Waals surface area contributed by atoms with Crippen LogP contribution in [0.25, 0.3) is 10.2 Å². The predicted molar refractivity (Wildman–Crippen MR) is 108 cm³/mol. The number of hydrogen-bond acceptors (Lipinski definition) is 4. The summed E-state index contributed by atoms with van der Waals surface area (Å²) in [5.41, 5.74) is 4.33. The molecule has 4 nitrogen and oxygen atoms in total. The van der Waals surface area contributed by atoms with Crippen molar-refractivity contribution in [2.75, 3.05) is 0 Å². The van der Waals surface area contributed by atoms with Gasteiger partial charge in [-0.05, 0) is 31.0 Å². The number of benzene rings is 2. The van der Waals surface area contributed by atoms with E-state index in [1.807, 2.05) is 48.0 Å². The van der Waals surface area contributed by atoms with E-state index in [1.165, 1.54) is 22.5 Å². The number of carbonyl (C=O) groups excluding carboxylic acids is 1. The van der Waals surface area contributed by atoms with Crippen molar-refractivity contribution in [3.05, 3.63) is 87.9 Å². The van der Waals surface area contributed by atoms with Gasteiger partial charge in [0.2, 0.25) is 0 Å². The molecule has 0 unspecified atom stereocenters. The number of carbonyl (C=O) groups is 1. The first-order valence-electron chi connectivity index (χ1n) is 8.84. The van der Waals surface area contributed by atoms with Crippen LogP contribution in [0.1, 0.15) is 32.1 Å². The molecular formula is C22H20N2O2S. The van der Waals surface area contributed by atoms with Gasteiger partial charge in [-0.2, -0.15) is 5.10 Å². The van der Waals surface area contributed by atoms with Gasteiger partial charge in [-0.1, -0.05) is 60.2 Å². The Hall–Kier alpha value is -2.92. The molecule has 0 saturated carbocycles. The molecular weight excluding hydrogens is 356 g/mol. The quantitative estimate of drug-likeness (QED) is 0.454. The van der Waals surface area contributed by atoms with E-state index in [0.717, 1.165) is 21.5 Å². The number of nitrogens with zero attached hydrogens (tertiary/aromatic N) is 2. The van der Waals surface area contributed by atoms with Crippen molar-refractivity contribution in [1.29, 1.82) is 0 Å². The van der Waals surface area contributed by atoms with Gasteiger partial charge in [0, 0.05) is 5.39 Å². The summed E-state index contributed by atoms with van der Waals surface area (Å²) in [4.78, 5) is 14.1. The maximum atomic E-state index is 12.5. The highest BCUT2D eigenvalue weighted by atomic mass is 32.1. The summed E-state index contributed by atoms with van der Waals surface area (Å²) in [6.07, 6.45) is 0. The number of hydrogen-bond donors (Lipinski definition) is 0. The molecule has 136 valence electrons. The Morgan fingerprint density at radius 1 is 1.04 bits per heavy atom. The minimum atomic E-state index is -0.290. The summed E-state index contributed by atoms with van der Waals surface area (Å²) >= 11 is 1.44. The second-order valence-corrected chi connectivity index (χ2v) is 7.65. The molecule has 5 heteroatoms. The fourth-order valence-corrected chi connectivity index (χ4v) is 4.04. The van der Waals surface area contributed by atoms with Gasteiger partial charge in [0.1, 0.15) is 16.3 Å². The fourth-order valence-electron chi connectivity index (χ4n) is 2.98. The van der Waals surface area contributed by atoms with Gasteiger partial charge in [0.25, 0.3) is 0 Å². The first-order valence-corrected chi connectivity index (χ1v) is 9.65. The highest BCUT2D eigenvalue weighted by Crippen LogP contribution is 2.29. The van der Waals surface area contributed by atoms with Crippen LogP contribution in [-0.2, 0) is 17.9 Å². The lowest BCUT2D eigenvalue weighted by molar-refractivity contribution is 0.0478. The van der Waals surface area contributed by atoms with Crippen LogP contribution in [0.15, 0.2) is 60.7 Å². The fraction of sp³-hybridized carbons (Fsp3) is 0.182. The zero-order chi connectivity index (χ0) is 18.8. The lowest BCUT2D eigenvalue weighted by Crippen LogP contribution is -2.03. The molecule has 0 spiro atoms. The Labute approximate surface area is 162 Å². The molecule has 2 heterocycles. The highest BCUT2D eigenvalue weighted by Gasteiger charge is 2.17. The normalized spacial score (nSPS) is 11.0. The smallest absolute Gasteiger partial charge is 0.348 e. The van der Waals surface area contributed by atoms with Crippen LogP contribution >= 0.6 is 11.3 Å². The number of thiophene rings is 1. The van der Waals surface area contributed by atoms with E-state index in [0.29, 0.717) is 11.4 Å². The minimum absolute atomic E-state index is 0.280. The van der Waals surface area contributed by atoms with Crippen molar-refractivity contribution in [2.24, 2.45) is 0 Å². The van der Waals surface area contributed by atoms with Crippen molar-refractivity contribution < 1.29 is 9.53 Å². The third-order valence-electron chi connectivity index (χ3n) is 4.47. The van der Waals surface area contributed by atoms with E-state index in [9.17, 15) is 4.79 Å². The van der Waals surface area contributed by atoms with Crippen LogP contribution < -0.4 is 0 Å². The maximum Gasteiger partial charge on any atom is 0.348 e. The molecule has 4 aromatic rings. The molecule has 27 heavy (non-hydrogen) atoms. The third-order valence-corrected chi connectivity index (χ3v) is 5.60. The van der Waals surface area contributed by atoms with Crippen LogP contribution in [-0.4, -0.2) is 15.7 Å². The molecule has 0 amide bonds. The van der Waals surface area contributed by atoms with E-state index in [1.54, 1.807) is 0 Å². The van der Waals surface area contributed by atoms with Gasteiger partial charge in [-0.25, -0.2) is 4.79 Å². The van der Waals surface area contributed by atoms with E-state index in [4.69, 9.17) is 4.74 Å². The highest BCUT2D eigenvalue weighted by molar-refractivity contribution is 7.20. The standard InChI is InChI=1S/C22H20N2O2S/c1-15-8-10-17(11-9-15)13-24-21-19(16(2)23-24)12-20(27-21)22(25)26-14-18-6-4-3-5-7-18/h3-12H,13-14H2,1-2H3. The van der Waals surface area contributed by atoms with Gasteiger partial charge in [-0.3, -0.25) is 4.68 Å². The Morgan fingerprint density at radius 2 is 1.78 bits per heavy atom. The van der Waals surface area contributed by atoms with Crippen molar-refractivity contribution in [3.63, 3.8) is 0 Å². The monoisotopic (exact) mass is 376 g/mol. The van der Waals surface area contributed by atoms with Crippen LogP contribution in [0.5, 0.6) is 0 Å². The summed E-state index contributed by atoms with van der Waals surface area (Å²) in [7, 11) is 0. The first kappa shape index (κ1) is 17.5. The number of fused-ring (bicyclic) bond motifs is 1. The molecule has 0 aliphatic heterocycles. The molecule has 0 fully saturated rings. The van der Waals surface area contributed by atoms with Crippen molar-refractivity contribution in [1.82, 2.24) is 9.78 Å². The van der Waals surface area contributed by atoms with Gasteiger partial charge >= 0.3 is 5.97 Å². The molecule has 0 bridgehead atoms. The van der Waals surface area contributed by atoms with Crippen molar-refractivity contribution in [3.8, 4) is 0 Å². The number of aryl methyl sites for hydroxylation is 2. The zero-order valence-electron chi connectivity index (χ0n) is 15.3. The van der Waals surface area contributed by atoms with Gasteiger partial charge in [-0.15, -0.1) is 11.3 Å². The largest absolute Gasteiger partial charge is 0.457 e. The van der Waals surface area contributed by atoms with E-state index in [-0.39, 0.29) is 12.6 Å². The van der Waals surface area contributed by atoms with Gasteiger partial charge in [0.15, 0.2) is 0 Å². The summed E-state index contributed by atoms with van der Waals surface area (Å²) in [5.74, 6) is -0.290. The summed E-state index contributed by atoms with van der Waals surface area (Å²) in [5, 5.41) is 5.65. The van der Waals surface area contributed by atoms with Gasteiger partial charge in [0.05, 0.1) is 12.2 Å². The molecule has 0 N–H and O–H groups in total. The van der Waals surface area contributed by atoms with Crippen LogP contribution in [0.4, 0.5) is 0 Å². The number of ether oxygens (including phenoxy) is 1. The SMILES string of the molecule is Cc1ccc(Cn2nc(C)c3cc(C(=O)OCc4ccccc4)sc32)cc1. The number of rotatable bonds is 5. The van der Waals surface area contributed by atoms with Crippen molar-refractivity contribution in [2.45, 2.75) is 27.0 Å². The Morgan fingerprint density at radius 3 is 2.52 bits per heavy atom. The average molecular weight is 376 g/mol. The summed E-state index contributed by atoms with van der Waals surface area (Å²) < 4.78 is 7.43. The van der Waals surface area contributed by atoms with Crippen molar-refractivity contribution >= 4 is 27.5 Å². The molecule has 0 saturated heterocycles. The van der Waals surface area contributed by atoms with Crippen LogP contribution in [0.3, 0.4) is 0 Å². The molecule has 2 aromatic heterocycles. The Kier molecular flexibility index (Phi) is 4.77. The maximum absolute atomic E-state index is 12.5. The summed E-state index contributed by atoms with van der Waals surface area (Å²) in [6.45, 7) is 5.01. The first-order chi connectivity index (χ1) is 13.1. The van der Waals surface area contributed by atoms with Gasteiger partial charge < -0.3 is 4.74 Å². The van der Waals surface area contributed by atoms with Crippen LogP contribution in [0, 0.1) is 13.8 Å². The second kappa shape index (κ2) is 7.37. The van der Waals surface area contributed by atoms with Crippen LogP contribution in [0.2, 0.25) is 0 Å². The topological polar surface area (TPSA) is 44.1 Å². The molecule has 0 radical (unpaired) electrons. The predicted octanol–water partition coefficient (Wildman–Crippen LogP) is 5.12. The lowest BCUT2D eigenvalue weighted by atomic mass is 10.1. The number of aromatic nitrogens is 2. The van der Waals surface area contributed by atoms with E-state index < -0.39 is 0 Å². The lowest BCUT2D eigenvalue weighted by Gasteiger charge is -2.04. The molecule has 0 atom stereocenters. The molecule has 4 rings (SSSR count). The number of esters is 1. The minimum Gasteiger partial charge on any atom is -0.457 e. The average Bonchev–Trinajstić information content (AvgIpc) is 3.24. The van der Waals surface area contributed by atoms with E-state index in [2.05, 4.69) is 36.3 Å². The summed E-state index contributed by atoms with van der Waals surface area (Å²) in [6, 6.07) is 20.0. The second-order valence-electron chi connectivity index (χ2n) is 6.62. The molecule has 0 aliphatic rings. The molecule has 2 aromatic carbocycles. The molecule has 0 aliphatic carbocycles. The Bertz CT molecular complexity index is 1080. The Balaban J connectivity index is 1.55. The zero-order valence-corrected chi connectivity index (χ0v) is 16.1. The third kappa shape index (κ3) is 3.78. The van der Waals surface area contributed by atoms with E-state index >= 15 is 0 Å².